The lowest BCUT2D eigenvalue weighted by atomic mass is 10.0. The molecule has 1 N–H and O–H groups in total. The quantitative estimate of drug-likeness (QED) is 0.935. The zero-order chi connectivity index (χ0) is 14.7. The van der Waals surface area contributed by atoms with E-state index in [0.29, 0.717) is 6.61 Å². The summed E-state index contributed by atoms with van der Waals surface area (Å²) in [5, 5.41) is 10.7. The highest BCUT2D eigenvalue weighted by molar-refractivity contribution is 7.99. The first kappa shape index (κ1) is 14.3. The second kappa shape index (κ2) is 6.41. The summed E-state index contributed by atoms with van der Waals surface area (Å²) in [4.78, 5) is 1.12. The van der Waals surface area contributed by atoms with Crippen molar-refractivity contribution in [1.82, 2.24) is 0 Å². The van der Waals surface area contributed by atoms with Gasteiger partial charge in [-0.2, -0.15) is 0 Å². The van der Waals surface area contributed by atoms with Crippen molar-refractivity contribution in [3.63, 3.8) is 0 Å². The minimum absolute atomic E-state index is 0.272. The van der Waals surface area contributed by atoms with Crippen molar-refractivity contribution in [3.8, 4) is 11.5 Å². The van der Waals surface area contributed by atoms with E-state index >= 15 is 0 Å². The number of thioether (sulfide) groups is 1. The van der Waals surface area contributed by atoms with E-state index in [2.05, 4.69) is 0 Å². The van der Waals surface area contributed by atoms with Gasteiger partial charge in [0.1, 0.15) is 23.7 Å². The number of aliphatic hydroxyl groups is 1. The summed E-state index contributed by atoms with van der Waals surface area (Å²) in [5.41, 5.74) is 0.782. The summed E-state index contributed by atoms with van der Waals surface area (Å²) in [7, 11) is 0. The first-order valence-corrected chi connectivity index (χ1v) is 8.06. The van der Waals surface area contributed by atoms with Crippen LogP contribution >= 0.6 is 11.8 Å². The molecule has 110 valence electrons. The van der Waals surface area contributed by atoms with Crippen LogP contribution in [0, 0.1) is 0 Å². The lowest BCUT2D eigenvalue weighted by molar-refractivity contribution is 0.0437. The minimum atomic E-state index is -0.700. The first-order valence-electron chi connectivity index (χ1n) is 7.08. The molecule has 0 aliphatic carbocycles. The maximum atomic E-state index is 10.7. The fourth-order valence-corrected chi connectivity index (χ4v) is 3.43. The van der Waals surface area contributed by atoms with Gasteiger partial charge in [0.05, 0.1) is 6.61 Å². The minimum Gasteiger partial charge on any atom is -0.493 e. The Labute approximate surface area is 128 Å². The van der Waals surface area contributed by atoms with Gasteiger partial charge >= 0.3 is 0 Å². The Hall–Kier alpha value is -1.65. The fourth-order valence-electron chi connectivity index (χ4n) is 2.40. The Morgan fingerprint density at radius 1 is 1.24 bits per heavy atom. The van der Waals surface area contributed by atoms with Crippen LogP contribution in [0.25, 0.3) is 0 Å². The van der Waals surface area contributed by atoms with Crippen LogP contribution in [0.2, 0.25) is 0 Å². The van der Waals surface area contributed by atoms with Gasteiger partial charge in [-0.3, -0.25) is 0 Å². The summed E-state index contributed by atoms with van der Waals surface area (Å²) >= 11 is 1.71. The van der Waals surface area contributed by atoms with Crippen molar-refractivity contribution in [1.29, 1.82) is 0 Å². The van der Waals surface area contributed by atoms with E-state index in [4.69, 9.17) is 9.47 Å². The Morgan fingerprint density at radius 3 is 2.86 bits per heavy atom. The summed E-state index contributed by atoms with van der Waals surface area (Å²) in [6, 6.07) is 15.5. The third-order valence-corrected chi connectivity index (χ3v) is 4.56. The summed E-state index contributed by atoms with van der Waals surface area (Å²) in [5.74, 6) is 2.28. The number of benzene rings is 2. The lowest BCUT2D eigenvalue weighted by Gasteiger charge is -2.29. The molecule has 0 spiro atoms. The van der Waals surface area contributed by atoms with Crippen LogP contribution in [-0.2, 0) is 0 Å². The highest BCUT2D eigenvalue weighted by Crippen LogP contribution is 2.39. The van der Waals surface area contributed by atoms with Gasteiger partial charge in [0, 0.05) is 16.2 Å². The molecule has 2 aromatic rings. The number of aliphatic hydroxyl groups excluding tert-OH is 1. The predicted octanol–water partition coefficient (Wildman–Crippen LogP) is 3.67. The van der Waals surface area contributed by atoms with Gasteiger partial charge in [-0.1, -0.05) is 30.3 Å². The van der Waals surface area contributed by atoms with E-state index in [9.17, 15) is 5.11 Å². The molecule has 1 aliphatic heterocycles. The fraction of sp³-hybridized carbons (Fsp3) is 0.294. The number of hydrogen-bond donors (Lipinski definition) is 1. The van der Waals surface area contributed by atoms with Crippen LogP contribution in [0.4, 0.5) is 0 Å². The van der Waals surface area contributed by atoms with Crippen molar-refractivity contribution in [2.45, 2.75) is 24.0 Å². The average molecular weight is 302 g/mol. The molecule has 21 heavy (non-hydrogen) atoms. The van der Waals surface area contributed by atoms with E-state index in [-0.39, 0.29) is 6.10 Å². The Bertz CT molecular complexity index is 614. The molecule has 2 atom stereocenters. The van der Waals surface area contributed by atoms with Gasteiger partial charge in [-0.25, -0.2) is 0 Å². The number of hydrogen-bond acceptors (Lipinski definition) is 4. The zero-order valence-corrected chi connectivity index (χ0v) is 12.7. The van der Waals surface area contributed by atoms with Crippen molar-refractivity contribution < 1.29 is 14.6 Å². The van der Waals surface area contributed by atoms with Gasteiger partial charge < -0.3 is 14.6 Å². The highest BCUT2D eigenvalue weighted by atomic mass is 32.2. The molecule has 1 aliphatic rings. The van der Waals surface area contributed by atoms with E-state index in [0.717, 1.165) is 27.7 Å². The maximum Gasteiger partial charge on any atom is 0.138 e. The molecule has 0 bridgehead atoms. The summed E-state index contributed by atoms with van der Waals surface area (Å²) in [6.45, 7) is 2.51. The maximum absolute atomic E-state index is 10.7. The topological polar surface area (TPSA) is 38.7 Å². The van der Waals surface area contributed by atoms with E-state index in [1.54, 1.807) is 11.8 Å². The first-order chi connectivity index (χ1) is 10.3. The van der Waals surface area contributed by atoms with E-state index in [1.807, 2.05) is 55.5 Å². The van der Waals surface area contributed by atoms with Gasteiger partial charge in [0.15, 0.2) is 0 Å². The molecule has 1 heterocycles. The molecular formula is C17H18O3S. The second-order valence-corrected chi connectivity index (χ2v) is 5.89. The van der Waals surface area contributed by atoms with Crippen molar-refractivity contribution in [2.75, 3.05) is 12.4 Å². The molecule has 2 unspecified atom stereocenters. The molecule has 3 rings (SSSR count). The number of ether oxygens (including phenoxy) is 2. The molecule has 2 aromatic carbocycles. The van der Waals surface area contributed by atoms with Crippen molar-refractivity contribution in [2.24, 2.45) is 0 Å². The highest BCUT2D eigenvalue weighted by Gasteiger charge is 2.29. The van der Waals surface area contributed by atoms with Gasteiger partial charge in [-0.05, 0) is 25.1 Å². The smallest absolute Gasteiger partial charge is 0.138 e. The Balaban J connectivity index is 1.82. The molecular weight excluding hydrogens is 284 g/mol. The molecule has 0 saturated carbocycles. The number of para-hydroxylation sites is 2. The van der Waals surface area contributed by atoms with Crippen LogP contribution < -0.4 is 9.47 Å². The van der Waals surface area contributed by atoms with Gasteiger partial charge in [0.25, 0.3) is 0 Å². The summed E-state index contributed by atoms with van der Waals surface area (Å²) in [6.07, 6.45) is -0.972. The van der Waals surface area contributed by atoms with Gasteiger partial charge in [-0.15, -0.1) is 11.8 Å². The SMILES string of the molecule is CCOc1ccccc1C(O)C1CSc2ccccc2O1. The third-order valence-electron chi connectivity index (χ3n) is 3.42. The monoisotopic (exact) mass is 302 g/mol. The number of fused-ring (bicyclic) bond motifs is 1. The van der Waals surface area contributed by atoms with Crippen molar-refractivity contribution >= 4 is 11.8 Å². The number of rotatable bonds is 4. The third kappa shape index (κ3) is 3.01. The van der Waals surface area contributed by atoms with Crippen LogP contribution in [-0.4, -0.2) is 23.6 Å². The molecule has 0 aromatic heterocycles. The van der Waals surface area contributed by atoms with E-state index < -0.39 is 6.10 Å². The molecule has 0 radical (unpaired) electrons. The lowest BCUT2D eigenvalue weighted by Crippen LogP contribution is -2.30. The largest absolute Gasteiger partial charge is 0.493 e. The predicted molar refractivity (Wildman–Crippen MR) is 84.2 cm³/mol. The van der Waals surface area contributed by atoms with Crippen molar-refractivity contribution in [3.05, 3.63) is 54.1 Å². The average Bonchev–Trinajstić information content (AvgIpc) is 2.54. The van der Waals surface area contributed by atoms with E-state index in [1.165, 1.54) is 0 Å². The van der Waals surface area contributed by atoms with Gasteiger partial charge in [0.2, 0.25) is 0 Å². The molecule has 0 saturated heterocycles. The normalized spacial score (nSPS) is 18.5. The Morgan fingerprint density at radius 2 is 2.00 bits per heavy atom. The second-order valence-electron chi connectivity index (χ2n) is 4.83. The molecule has 0 amide bonds. The molecule has 3 nitrogen and oxygen atoms in total. The van der Waals surface area contributed by atoms with Crippen LogP contribution in [0.1, 0.15) is 18.6 Å². The standard InChI is InChI=1S/C17H18O3S/c1-2-19-13-8-4-3-7-12(13)17(18)15-11-21-16-10-6-5-9-14(16)20-15/h3-10,15,17-18H,2,11H2,1H3. The molecule has 0 fully saturated rings. The Kier molecular flexibility index (Phi) is 4.36. The molecule has 4 heteroatoms. The van der Waals surface area contributed by atoms with Crippen LogP contribution in [0.3, 0.4) is 0 Å². The zero-order valence-electron chi connectivity index (χ0n) is 11.9. The van der Waals surface area contributed by atoms with Crippen LogP contribution in [0.15, 0.2) is 53.4 Å². The summed E-state index contributed by atoms with van der Waals surface area (Å²) < 4.78 is 11.6. The van der Waals surface area contributed by atoms with Crippen LogP contribution in [0.5, 0.6) is 11.5 Å².